The van der Waals surface area contributed by atoms with E-state index in [0.29, 0.717) is 0 Å². The van der Waals surface area contributed by atoms with Gasteiger partial charge in [0.2, 0.25) is 11.8 Å². The monoisotopic (exact) mass is 299 g/mol. The molecule has 22 heavy (non-hydrogen) atoms. The maximum absolute atomic E-state index is 12.7. The minimum absolute atomic E-state index is 0.202. The zero-order valence-corrected chi connectivity index (χ0v) is 11.8. The molecular formula is C16H13NO5. The molecule has 2 fully saturated rings. The van der Waals surface area contributed by atoms with Crippen molar-refractivity contribution in [3.05, 3.63) is 42.0 Å². The average molecular weight is 299 g/mol. The van der Waals surface area contributed by atoms with Gasteiger partial charge >= 0.3 is 5.97 Å². The van der Waals surface area contributed by atoms with E-state index < -0.39 is 17.8 Å². The van der Waals surface area contributed by atoms with Crippen molar-refractivity contribution >= 4 is 23.5 Å². The summed E-state index contributed by atoms with van der Waals surface area (Å²) < 4.78 is 10.3. The molecule has 2 amide bonds. The minimum Gasteiger partial charge on any atom is -0.465 e. The molecule has 1 aromatic rings. The smallest absolute Gasteiger partial charge is 0.339 e. The van der Waals surface area contributed by atoms with Crippen molar-refractivity contribution < 1.29 is 23.9 Å². The molecule has 0 saturated carbocycles. The summed E-state index contributed by atoms with van der Waals surface area (Å²) >= 11 is 0. The van der Waals surface area contributed by atoms with Crippen molar-refractivity contribution in [2.75, 3.05) is 12.0 Å². The topological polar surface area (TPSA) is 72.9 Å². The highest BCUT2D eigenvalue weighted by Gasteiger charge is 2.61. The first kappa shape index (κ1) is 13.2. The minimum atomic E-state index is -0.578. The van der Waals surface area contributed by atoms with E-state index in [1.807, 2.05) is 12.2 Å². The third-order valence-corrected chi connectivity index (χ3v) is 4.46. The third-order valence-electron chi connectivity index (χ3n) is 4.46. The van der Waals surface area contributed by atoms with Crippen LogP contribution in [0.15, 0.2) is 36.4 Å². The van der Waals surface area contributed by atoms with E-state index in [2.05, 4.69) is 0 Å². The molecule has 6 nitrogen and oxygen atoms in total. The molecule has 6 heteroatoms. The number of anilines is 1. The number of esters is 1. The Morgan fingerprint density at radius 1 is 1.09 bits per heavy atom. The summed E-state index contributed by atoms with van der Waals surface area (Å²) in [7, 11) is 1.26. The molecule has 4 atom stereocenters. The zero-order valence-electron chi connectivity index (χ0n) is 11.8. The lowest BCUT2D eigenvalue weighted by atomic mass is 9.85. The normalized spacial score (nSPS) is 31.8. The second-order valence-corrected chi connectivity index (χ2v) is 5.52. The molecule has 0 spiro atoms. The Morgan fingerprint density at radius 2 is 1.68 bits per heavy atom. The van der Waals surface area contributed by atoms with Gasteiger partial charge in [-0.05, 0) is 12.1 Å². The van der Waals surface area contributed by atoms with Crippen molar-refractivity contribution in [2.45, 2.75) is 12.2 Å². The van der Waals surface area contributed by atoms with Crippen molar-refractivity contribution in [2.24, 2.45) is 11.8 Å². The van der Waals surface area contributed by atoms with Crippen LogP contribution in [0.1, 0.15) is 10.4 Å². The summed E-state index contributed by atoms with van der Waals surface area (Å²) in [5.41, 5.74) is 0.478. The third kappa shape index (κ3) is 1.55. The van der Waals surface area contributed by atoms with Gasteiger partial charge in [-0.2, -0.15) is 0 Å². The Balaban J connectivity index is 1.78. The second kappa shape index (κ2) is 4.51. The van der Waals surface area contributed by atoms with Gasteiger partial charge in [0, 0.05) is 0 Å². The van der Waals surface area contributed by atoms with E-state index in [1.54, 1.807) is 24.3 Å². The first-order valence-electron chi connectivity index (χ1n) is 7.02. The fourth-order valence-electron chi connectivity index (χ4n) is 3.49. The number of carbonyl (C=O) groups is 3. The molecule has 0 N–H and O–H groups in total. The molecule has 0 aromatic heterocycles. The molecule has 2 saturated heterocycles. The summed E-state index contributed by atoms with van der Waals surface area (Å²) in [6.45, 7) is 0. The Hall–Kier alpha value is -2.47. The van der Waals surface area contributed by atoms with Crippen LogP contribution >= 0.6 is 0 Å². The molecule has 112 valence electrons. The van der Waals surface area contributed by atoms with Crippen LogP contribution in [0.3, 0.4) is 0 Å². The number of hydrogen-bond acceptors (Lipinski definition) is 5. The highest BCUT2D eigenvalue weighted by molar-refractivity contribution is 6.24. The fourth-order valence-corrected chi connectivity index (χ4v) is 3.49. The summed E-state index contributed by atoms with van der Waals surface area (Å²) in [4.78, 5) is 38.4. The van der Waals surface area contributed by atoms with E-state index in [0.717, 1.165) is 4.90 Å². The molecular weight excluding hydrogens is 286 g/mol. The number of carbonyl (C=O) groups excluding carboxylic acids is 3. The highest BCUT2D eigenvalue weighted by atomic mass is 16.5. The maximum Gasteiger partial charge on any atom is 0.339 e. The number of amides is 2. The molecule has 3 heterocycles. The molecule has 0 radical (unpaired) electrons. The summed E-state index contributed by atoms with van der Waals surface area (Å²) in [6, 6.07) is 6.47. The molecule has 2 bridgehead atoms. The van der Waals surface area contributed by atoms with Crippen LogP contribution in [-0.4, -0.2) is 37.1 Å². The van der Waals surface area contributed by atoms with Crippen molar-refractivity contribution in [3.63, 3.8) is 0 Å². The van der Waals surface area contributed by atoms with E-state index in [4.69, 9.17) is 9.47 Å². The number of benzene rings is 1. The summed E-state index contributed by atoms with van der Waals surface area (Å²) in [5, 5.41) is 0. The SMILES string of the molecule is COC(=O)c1ccccc1N1C(=O)[C@@H]2[C@@H](C1=O)[C@H]1C=C[C@H]2O1. The van der Waals surface area contributed by atoms with Gasteiger partial charge in [-0.25, -0.2) is 9.69 Å². The molecule has 3 aliphatic rings. The van der Waals surface area contributed by atoms with Crippen LogP contribution in [0.5, 0.6) is 0 Å². The summed E-state index contributed by atoms with van der Waals surface area (Å²) in [6.07, 6.45) is 2.96. The molecule has 4 rings (SSSR count). The van der Waals surface area contributed by atoms with Crippen LogP contribution in [0.4, 0.5) is 5.69 Å². The van der Waals surface area contributed by atoms with Gasteiger partial charge in [0.15, 0.2) is 0 Å². The molecule has 0 unspecified atom stereocenters. The fraction of sp³-hybridized carbons (Fsp3) is 0.312. The van der Waals surface area contributed by atoms with Gasteiger partial charge in [0.1, 0.15) is 0 Å². The lowest BCUT2D eigenvalue weighted by Crippen LogP contribution is -2.35. The van der Waals surface area contributed by atoms with Gasteiger partial charge in [-0.3, -0.25) is 9.59 Å². The second-order valence-electron chi connectivity index (χ2n) is 5.52. The number of methoxy groups -OCH3 is 1. The lowest BCUT2D eigenvalue weighted by molar-refractivity contribution is -0.124. The summed E-state index contributed by atoms with van der Waals surface area (Å²) in [5.74, 6) is -2.20. The maximum atomic E-state index is 12.7. The van der Waals surface area contributed by atoms with Gasteiger partial charge in [-0.1, -0.05) is 24.3 Å². The van der Waals surface area contributed by atoms with Gasteiger partial charge in [-0.15, -0.1) is 0 Å². The van der Waals surface area contributed by atoms with Crippen molar-refractivity contribution in [1.29, 1.82) is 0 Å². The standard InChI is InChI=1S/C16H13NO5/c1-21-16(20)8-4-2-3-5-9(8)17-14(18)12-10-6-7-11(22-10)13(12)15(17)19/h2-7,10-13H,1H3/t10-,11-,12+,13+/m1/s1. The number of hydrogen-bond donors (Lipinski definition) is 0. The number of nitrogens with zero attached hydrogens (tertiary/aromatic N) is 1. The largest absolute Gasteiger partial charge is 0.465 e. The van der Waals surface area contributed by atoms with E-state index in [9.17, 15) is 14.4 Å². The van der Waals surface area contributed by atoms with Crippen LogP contribution in [-0.2, 0) is 19.1 Å². The Labute approximate surface area is 126 Å². The van der Waals surface area contributed by atoms with Crippen LogP contribution < -0.4 is 4.90 Å². The van der Waals surface area contributed by atoms with E-state index in [-0.39, 0.29) is 35.3 Å². The van der Waals surface area contributed by atoms with Gasteiger partial charge in [0.25, 0.3) is 0 Å². The lowest BCUT2D eigenvalue weighted by Gasteiger charge is -2.19. The number of ether oxygens (including phenoxy) is 2. The number of para-hydroxylation sites is 1. The van der Waals surface area contributed by atoms with Crippen LogP contribution in [0, 0.1) is 11.8 Å². The predicted molar refractivity (Wildman–Crippen MR) is 75.1 cm³/mol. The highest BCUT2D eigenvalue weighted by Crippen LogP contribution is 2.46. The average Bonchev–Trinajstić information content (AvgIpc) is 3.21. The Bertz CT molecular complexity index is 695. The van der Waals surface area contributed by atoms with Crippen LogP contribution in [0.2, 0.25) is 0 Å². The molecule has 0 aliphatic carbocycles. The first-order chi connectivity index (χ1) is 10.6. The first-order valence-corrected chi connectivity index (χ1v) is 7.02. The zero-order chi connectivity index (χ0) is 15.4. The van der Waals surface area contributed by atoms with Crippen molar-refractivity contribution in [3.8, 4) is 0 Å². The molecule has 1 aromatic carbocycles. The van der Waals surface area contributed by atoms with Gasteiger partial charge < -0.3 is 9.47 Å². The van der Waals surface area contributed by atoms with Crippen molar-refractivity contribution in [1.82, 2.24) is 0 Å². The van der Waals surface area contributed by atoms with E-state index >= 15 is 0 Å². The van der Waals surface area contributed by atoms with Gasteiger partial charge in [0.05, 0.1) is 42.4 Å². The quantitative estimate of drug-likeness (QED) is 0.461. The number of fused-ring (bicyclic) bond motifs is 5. The Kier molecular flexibility index (Phi) is 2.71. The van der Waals surface area contributed by atoms with Crippen LogP contribution in [0.25, 0.3) is 0 Å². The Morgan fingerprint density at radius 3 is 2.27 bits per heavy atom. The number of rotatable bonds is 2. The predicted octanol–water partition coefficient (Wildman–Crippen LogP) is 0.916. The number of imide groups is 1. The van der Waals surface area contributed by atoms with E-state index in [1.165, 1.54) is 7.11 Å². The molecule has 3 aliphatic heterocycles.